The Morgan fingerprint density at radius 3 is 2.03 bits per heavy atom. The van der Waals surface area contributed by atoms with Gasteiger partial charge in [0.25, 0.3) is 0 Å². The fourth-order valence-corrected chi connectivity index (χ4v) is 4.53. The fourth-order valence-electron chi connectivity index (χ4n) is 4.32. The van der Waals surface area contributed by atoms with E-state index >= 15 is 0 Å². The number of carboxylic acids is 2. The molecule has 2 fully saturated rings. The van der Waals surface area contributed by atoms with Gasteiger partial charge < -0.3 is 15.1 Å². The number of carboxylic acid groups (broad SMARTS) is 2. The summed E-state index contributed by atoms with van der Waals surface area (Å²) in [7, 11) is 0. The van der Waals surface area contributed by atoms with Crippen molar-refractivity contribution in [3.63, 3.8) is 0 Å². The van der Waals surface area contributed by atoms with Crippen molar-refractivity contribution in [2.45, 2.75) is 25.4 Å². The van der Waals surface area contributed by atoms with Gasteiger partial charge in [-0.15, -0.1) is 0 Å². The van der Waals surface area contributed by atoms with E-state index in [1.807, 2.05) is 6.07 Å². The number of nitrogens with zero attached hydrogens (tertiary/aromatic N) is 3. The maximum Gasteiger partial charge on any atom is 0.414 e. The molecule has 7 nitrogen and oxygen atoms in total. The van der Waals surface area contributed by atoms with E-state index in [1.54, 1.807) is 0 Å². The second-order valence-corrected chi connectivity index (χ2v) is 8.54. The first-order valence-electron chi connectivity index (χ1n) is 10.9. The molecule has 0 unspecified atom stereocenters. The number of carbonyl (C=O) groups is 2. The monoisotopic (exact) mass is 459 g/mol. The molecule has 172 valence electrons. The highest BCUT2D eigenvalue weighted by Gasteiger charge is 2.27. The van der Waals surface area contributed by atoms with Crippen molar-refractivity contribution in [2.75, 3.05) is 44.2 Å². The lowest BCUT2D eigenvalue weighted by Crippen LogP contribution is -2.53. The third kappa shape index (κ3) is 7.22. The van der Waals surface area contributed by atoms with Gasteiger partial charge in [0, 0.05) is 49.5 Å². The molecule has 2 aromatic carbocycles. The Labute approximate surface area is 193 Å². The molecule has 0 spiro atoms. The molecule has 2 saturated heterocycles. The van der Waals surface area contributed by atoms with Crippen LogP contribution in [-0.2, 0) is 16.1 Å². The van der Waals surface area contributed by atoms with E-state index < -0.39 is 11.9 Å². The van der Waals surface area contributed by atoms with E-state index in [0.717, 1.165) is 30.7 Å². The van der Waals surface area contributed by atoms with Crippen LogP contribution >= 0.6 is 11.6 Å². The lowest BCUT2D eigenvalue weighted by Gasteiger charge is -2.43. The van der Waals surface area contributed by atoms with Gasteiger partial charge in [-0.3, -0.25) is 9.80 Å². The Morgan fingerprint density at radius 1 is 0.844 bits per heavy atom. The normalized spacial score (nSPS) is 18.0. The molecule has 0 bridgehead atoms. The molecule has 4 rings (SSSR count). The molecular formula is C24H30ClN3O4. The third-order valence-corrected chi connectivity index (χ3v) is 6.22. The molecule has 2 aliphatic heterocycles. The summed E-state index contributed by atoms with van der Waals surface area (Å²) in [5.41, 5.74) is 2.69. The van der Waals surface area contributed by atoms with E-state index in [1.165, 1.54) is 50.3 Å². The zero-order valence-corrected chi connectivity index (χ0v) is 18.8. The number of para-hydroxylation sites is 1. The smallest absolute Gasteiger partial charge is 0.414 e. The van der Waals surface area contributed by atoms with Gasteiger partial charge in [-0.25, -0.2) is 9.59 Å². The molecule has 0 aromatic heterocycles. The molecule has 0 atom stereocenters. The van der Waals surface area contributed by atoms with Crippen LogP contribution < -0.4 is 4.90 Å². The van der Waals surface area contributed by atoms with E-state index in [2.05, 4.69) is 63.2 Å². The van der Waals surface area contributed by atoms with E-state index in [4.69, 9.17) is 31.4 Å². The van der Waals surface area contributed by atoms with Crippen LogP contribution in [0.5, 0.6) is 0 Å². The number of likely N-dealkylation sites (tertiary alicyclic amines) is 1. The lowest BCUT2D eigenvalue weighted by atomic mass is 10.0. The summed E-state index contributed by atoms with van der Waals surface area (Å²) in [6.45, 7) is 8.07. The number of hydrogen-bond acceptors (Lipinski definition) is 5. The van der Waals surface area contributed by atoms with E-state index in [0.29, 0.717) is 0 Å². The first kappa shape index (κ1) is 24.0. The molecule has 2 N–H and O–H groups in total. The Bertz CT molecular complexity index is 868. The number of anilines is 1. The number of piperidine rings is 1. The average molecular weight is 460 g/mol. The minimum atomic E-state index is -1.82. The standard InChI is InChI=1S/C22H28ClN3.C2H2O4/c23-20-6-4-5-19(17-20)18-24-11-9-22(10-12-24)26-15-13-25(14-16-26)21-7-2-1-3-8-21;3-1(4)2(5)6/h1-8,17,22H,9-16,18H2;(H,3,4)(H,5,6). The summed E-state index contributed by atoms with van der Waals surface area (Å²) >= 11 is 6.11. The van der Waals surface area contributed by atoms with Gasteiger partial charge in [0.2, 0.25) is 0 Å². The molecule has 32 heavy (non-hydrogen) atoms. The first-order valence-corrected chi connectivity index (χ1v) is 11.3. The minimum Gasteiger partial charge on any atom is -0.473 e. The molecular weight excluding hydrogens is 430 g/mol. The maximum atomic E-state index is 9.10. The van der Waals surface area contributed by atoms with E-state index in [9.17, 15) is 0 Å². The highest BCUT2D eigenvalue weighted by molar-refractivity contribution is 6.30. The average Bonchev–Trinajstić information content (AvgIpc) is 2.81. The Hall–Kier alpha value is -2.61. The zero-order valence-electron chi connectivity index (χ0n) is 18.1. The summed E-state index contributed by atoms with van der Waals surface area (Å²) in [5.74, 6) is -3.65. The molecule has 8 heteroatoms. The molecule has 0 aliphatic carbocycles. The summed E-state index contributed by atoms with van der Waals surface area (Å²) in [5, 5.41) is 15.6. The molecule has 0 amide bonds. The maximum absolute atomic E-state index is 9.10. The highest BCUT2D eigenvalue weighted by Crippen LogP contribution is 2.22. The van der Waals surface area contributed by atoms with Crippen molar-refractivity contribution in [3.05, 3.63) is 65.2 Å². The van der Waals surface area contributed by atoms with Crippen LogP contribution in [0.25, 0.3) is 0 Å². The number of benzene rings is 2. The largest absolute Gasteiger partial charge is 0.473 e. The number of hydrogen-bond donors (Lipinski definition) is 2. The van der Waals surface area contributed by atoms with Crippen LogP contribution in [0.1, 0.15) is 18.4 Å². The second kappa shape index (κ2) is 11.9. The summed E-state index contributed by atoms with van der Waals surface area (Å²) in [6.07, 6.45) is 2.57. The summed E-state index contributed by atoms with van der Waals surface area (Å²) in [4.78, 5) is 26.0. The van der Waals surface area contributed by atoms with Crippen LogP contribution in [-0.4, -0.2) is 77.3 Å². The molecule has 2 aliphatic rings. The quantitative estimate of drug-likeness (QED) is 0.678. The Kier molecular flexibility index (Phi) is 8.90. The van der Waals surface area contributed by atoms with Crippen molar-refractivity contribution in [3.8, 4) is 0 Å². The van der Waals surface area contributed by atoms with Gasteiger partial charge in [0.05, 0.1) is 0 Å². The highest BCUT2D eigenvalue weighted by atomic mass is 35.5. The van der Waals surface area contributed by atoms with Crippen molar-refractivity contribution >= 4 is 29.2 Å². The Balaban J connectivity index is 0.000000427. The topological polar surface area (TPSA) is 84.3 Å². The number of aliphatic carboxylic acids is 2. The van der Waals surface area contributed by atoms with Crippen LogP contribution in [0, 0.1) is 0 Å². The van der Waals surface area contributed by atoms with Crippen LogP contribution in [0.3, 0.4) is 0 Å². The van der Waals surface area contributed by atoms with Gasteiger partial charge in [-0.05, 0) is 55.8 Å². The van der Waals surface area contributed by atoms with Crippen molar-refractivity contribution in [1.82, 2.24) is 9.80 Å². The van der Waals surface area contributed by atoms with Crippen LogP contribution in [0.4, 0.5) is 5.69 Å². The summed E-state index contributed by atoms with van der Waals surface area (Å²) < 4.78 is 0. The number of rotatable bonds is 4. The number of piperazine rings is 1. The van der Waals surface area contributed by atoms with Gasteiger partial charge in [-0.2, -0.15) is 0 Å². The Morgan fingerprint density at radius 2 is 1.47 bits per heavy atom. The van der Waals surface area contributed by atoms with Gasteiger partial charge >= 0.3 is 11.9 Å². The zero-order chi connectivity index (χ0) is 22.9. The van der Waals surface area contributed by atoms with Crippen molar-refractivity contribution in [2.24, 2.45) is 0 Å². The van der Waals surface area contributed by atoms with Crippen LogP contribution in [0.2, 0.25) is 5.02 Å². The molecule has 2 heterocycles. The molecule has 0 saturated carbocycles. The molecule has 0 radical (unpaired) electrons. The van der Waals surface area contributed by atoms with E-state index in [-0.39, 0.29) is 0 Å². The SMILES string of the molecule is Clc1cccc(CN2CCC(N3CCN(c4ccccc4)CC3)CC2)c1.O=C(O)C(=O)O. The third-order valence-electron chi connectivity index (χ3n) is 5.99. The fraction of sp³-hybridized carbons (Fsp3) is 0.417. The van der Waals surface area contributed by atoms with Crippen molar-refractivity contribution < 1.29 is 19.8 Å². The van der Waals surface area contributed by atoms with Gasteiger partial charge in [0.1, 0.15) is 0 Å². The first-order chi connectivity index (χ1) is 15.4. The summed E-state index contributed by atoms with van der Waals surface area (Å²) in [6, 6.07) is 19.9. The van der Waals surface area contributed by atoms with Gasteiger partial charge in [-0.1, -0.05) is 41.9 Å². The van der Waals surface area contributed by atoms with Crippen molar-refractivity contribution in [1.29, 1.82) is 0 Å². The van der Waals surface area contributed by atoms with Gasteiger partial charge in [0.15, 0.2) is 0 Å². The second-order valence-electron chi connectivity index (χ2n) is 8.11. The molecule has 2 aromatic rings. The van der Waals surface area contributed by atoms with Crippen LogP contribution in [0.15, 0.2) is 54.6 Å². The number of halogens is 1. The predicted molar refractivity (Wildman–Crippen MR) is 125 cm³/mol. The minimum absolute atomic E-state index is 0.753. The predicted octanol–water partition coefficient (Wildman–Crippen LogP) is 3.28. The lowest BCUT2D eigenvalue weighted by molar-refractivity contribution is -0.159.